The van der Waals surface area contributed by atoms with Crippen LogP contribution in [0.4, 0.5) is 10.2 Å². The number of aromatic nitrogens is 2. The van der Waals surface area contributed by atoms with Gasteiger partial charge in [-0.25, -0.2) is 9.37 Å². The average molecular weight is 366 g/mol. The molecule has 0 radical (unpaired) electrons. The van der Waals surface area contributed by atoms with Gasteiger partial charge in [-0.1, -0.05) is 17.3 Å². The number of hydrogen-bond donors (Lipinski definition) is 1. The van der Waals surface area contributed by atoms with E-state index in [2.05, 4.69) is 15.5 Å². The van der Waals surface area contributed by atoms with Crippen molar-refractivity contribution in [1.29, 1.82) is 0 Å². The highest BCUT2D eigenvalue weighted by Gasteiger charge is 2.27. The van der Waals surface area contributed by atoms with Crippen molar-refractivity contribution in [3.63, 3.8) is 0 Å². The van der Waals surface area contributed by atoms with E-state index < -0.39 is 0 Å². The fourth-order valence-electron chi connectivity index (χ4n) is 3.26. The number of benzene rings is 1. The lowest BCUT2D eigenvalue weighted by Crippen LogP contribution is -2.31. The molecule has 0 aliphatic carbocycles. The van der Waals surface area contributed by atoms with Crippen LogP contribution in [0.1, 0.15) is 28.6 Å². The zero-order valence-electron chi connectivity index (χ0n) is 14.9. The van der Waals surface area contributed by atoms with E-state index in [0.717, 1.165) is 11.3 Å². The van der Waals surface area contributed by atoms with E-state index >= 15 is 0 Å². The lowest BCUT2D eigenvalue weighted by molar-refractivity contribution is 0.0955. The molecule has 1 aliphatic heterocycles. The minimum atomic E-state index is -0.331. The first-order valence-electron chi connectivity index (χ1n) is 8.89. The first-order valence-corrected chi connectivity index (χ1v) is 8.89. The van der Waals surface area contributed by atoms with Crippen LogP contribution in [0.15, 0.2) is 47.1 Å². The molecule has 2 aromatic heterocycles. The van der Waals surface area contributed by atoms with E-state index in [1.807, 2.05) is 11.8 Å². The number of carbonyl (C=O) groups excluding carboxylic acids is 1. The Morgan fingerprint density at radius 2 is 2.19 bits per heavy atom. The Bertz CT molecular complexity index is 986. The molecule has 3 heterocycles. The number of fused-ring (bicyclic) bond motifs is 1. The fraction of sp³-hybridized carbons (Fsp3) is 0.250. The molecule has 3 aromatic rings. The Balaban J connectivity index is 1.64. The van der Waals surface area contributed by atoms with Crippen molar-refractivity contribution in [3.8, 4) is 11.3 Å². The number of halogens is 1. The standard InChI is InChI=1S/C20H19FN4O2/c1-2-22-20(26)13-7-9-23-18(11-13)25-10-8-17-15(12-25)19(24-27-17)14-5-3-4-6-16(14)21/h3-7,9,11H,2,8,10,12H2,1H3,(H,22,26). The zero-order chi connectivity index (χ0) is 18.8. The SMILES string of the molecule is CCNC(=O)c1ccnc(N2CCc3onc(-c4ccccc4F)c3C2)c1. The number of pyridine rings is 1. The van der Waals surface area contributed by atoms with E-state index in [1.165, 1.54) is 6.07 Å². The van der Waals surface area contributed by atoms with E-state index in [1.54, 1.807) is 36.5 Å². The van der Waals surface area contributed by atoms with Crippen LogP contribution in [-0.4, -0.2) is 29.1 Å². The molecule has 0 bridgehead atoms. The normalized spacial score (nSPS) is 13.3. The summed E-state index contributed by atoms with van der Waals surface area (Å²) in [6.45, 7) is 3.62. The van der Waals surface area contributed by atoms with Crippen LogP contribution in [0.5, 0.6) is 0 Å². The number of amides is 1. The number of anilines is 1. The van der Waals surface area contributed by atoms with Gasteiger partial charge in [0.2, 0.25) is 0 Å². The minimum absolute atomic E-state index is 0.129. The van der Waals surface area contributed by atoms with Crippen molar-refractivity contribution in [2.75, 3.05) is 18.0 Å². The predicted molar refractivity (Wildman–Crippen MR) is 98.9 cm³/mol. The first kappa shape index (κ1) is 17.2. The summed E-state index contributed by atoms with van der Waals surface area (Å²) in [5, 5.41) is 6.89. The number of nitrogens with zero attached hydrogens (tertiary/aromatic N) is 3. The van der Waals surface area contributed by atoms with Crippen molar-refractivity contribution >= 4 is 11.7 Å². The predicted octanol–water partition coefficient (Wildman–Crippen LogP) is 3.19. The third-order valence-electron chi connectivity index (χ3n) is 4.63. The molecule has 6 nitrogen and oxygen atoms in total. The highest BCUT2D eigenvalue weighted by molar-refractivity contribution is 5.94. The maximum absolute atomic E-state index is 14.2. The molecular formula is C20H19FN4O2. The van der Waals surface area contributed by atoms with E-state index in [4.69, 9.17) is 4.52 Å². The molecule has 1 aliphatic rings. The Morgan fingerprint density at radius 3 is 3.00 bits per heavy atom. The second-order valence-electron chi connectivity index (χ2n) is 6.35. The summed E-state index contributed by atoms with van der Waals surface area (Å²) >= 11 is 0. The summed E-state index contributed by atoms with van der Waals surface area (Å²) in [5.74, 6) is 1.01. The zero-order valence-corrected chi connectivity index (χ0v) is 14.9. The summed E-state index contributed by atoms with van der Waals surface area (Å²) in [6, 6.07) is 9.99. The largest absolute Gasteiger partial charge is 0.360 e. The van der Waals surface area contributed by atoms with Gasteiger partial charge in [0.05, 0.1) is 6.54 Å². The lowest BCUT2D eigenvalue weighted by Gasteiger charge is -2.27. The topological polar surface area (TPSA) is 71.3 Å². The molecule has 0 fully saturated rings. The smallest absolute Gasteiger partial charge is 0.251 e. The average Bonchev–Trinajstić information content (AvgIpc) is 3.12. The Hall–Kier alpha value is -3.22. The van der Waals surface area contributed by atoms with Crippen molar-refractivity contribution in [2.45, 2.75) is 19.9 Å². The summed E-state index contributed by atoms with van der Waals surface area (Å²) in [6.07, 6.45) is 2.27. The number of carbonyl (C=O) groups is 1. The molecule has 0 spiro atoms. The highest BCUT2D eigenvalue weighted by atomic mass is 19.1. The summed E-state index contributed by atoms with van der Waals surface area (Å²) in [5.41, 5.74) is 2.37. The molecule has 0 atom stereocenters. The molecule has 27 heavy (non-hydrogen) atoms. The number of rotatable bonds is 4. The molecule has 0 unspecified atom stereocenters. The first-order chi connectivity index (χ1) is 13.2. The van der Waals surface area contributed by atoms with Crippen LogP contribution >= 0.6 is 0 Å². The van der Waals surface area contributed by atoms with E-state index in [9.17, 15) is 9.18 Å². The molecular weight excluding hydrogens is 347 g/mol. The van der Waals surface area contributed by atoms with Crippen LogP contribution in [0.25, 0.3) is 11.3 Å². The summed E-state index contributed by atoms with van der Waals surface area (Å²) in [7, 11) is 0. The minimum Gasteiger partial charge on any atom is -0.360 e. The van der Waals surface area contributed by atoms with Gasteiger partial charge in [-0.3, -0.25) is 4.79 Å². The monoisotopic (exact) mass is 366 g/mol. The van der Waals surface area contributed by atoms with Crippen LogP contribution in [0.3, 0.4) is 0 Å². The maximum Gasteiger partial charge on any atom is 0.251 e. The van der Waals surface area contributed by atoms with Crippen molar-refractivity contribution in [1.82, 2.24) is 15.5 Å². The lowest BCUT2D eigenvalue weighted by atomic mass is 10.0. The Labute approximate surface area is 156 Å². The second kappa shape index (κ2) is 7.19. The maximum atomic E-state index is 14.2. The van der Waals surface area contributed by atoms with E-state index in [0.29, 0.717) is 48.7 Å². The fourth-order valence-corrected chi connectivity index (χ4v) is 3.26. The number of nitrogens with one attached hydrogen (secondary N) is 1. The number of hydrogen-bond acceptors (Lipinski definition) is 5. The van der Waals surface area contributed by atoms with Crippen molar-refractivity contribution < 1.29 is 13.7 Å². The van der Waals surface area contributed by atoms with Gasteiger partial charge in [0.25, 0.3) is 5.91 Å². The Morgan fingerprint density at radius 1 is 1.33 bits per heavy atom. The van der Waals surface area contributed by atoms with Gasteiger partial charge in [0.15, 0.2) is 0 Å². The molecule has 0 saturated heterocycles. The van der Waals surface area contributed by atoms with Gasteiger partial charge in [0, 0.05) is 42.4 Å². The van der Waals surface area contributed by atoms with Gasteiger partial charge in [-0.05, 0) is 31.2 Å². The van der Waals surface area contributed by atoms with Crippen LogP contribution < -0.4 is 10.2 Å². The van der Waals surface area contributed by atoms with Crippen LogP contribution in [0, 0.1) is 5.82 Å². The van der Waals surface area contributed by atoms with Gasteiger partial charge in [-0.15, -0.1) is 0 Å². The summed E-state index contributed by atoms with van der Waals surface area (Å²) in [4.78, 5) is 18.5. The van der Waals surface area contributed by atoms with Gasteiger partial charge in [0.1, 0.15) is 23.1 Å². The van der Waals surface area contributed by atoms with E-state index in [-0.39, 0.29) is 11.7 Å². The van der Waals surface area contributed by atoms with Crippen LogP contribution in [0.2, 0.25) is 0 Å². The molecule has 1 N–H and O–H groups in total. The molecule has 1 aromatic carbocycles. The van der Waals surface area contributed by atoms with Crippen molar-refractivity contribution in [2.24, 2.45) is 0 Å². The summed E-state index contributed by atoms with van der Waals surface area (Å²) < 4.78 is 19.7. The van der Waals surface area contributed by atoms with Gasteiger partial charge >= 0.3 is 0 Å². The van der Waals surface area contributed by atoms with Gasteiger partial charge < -0.3 is 14.7 Å². The van der Waals surface area contributed by atoms with Crippen molar-refractivity contribution in [3.05, 3.63) is 65.3 Å². The molecule has 138 valence electrons. The van der Waals surface area contributed by atoms with Gasteiger partial charge in [-0.2, -0.15) is 0 Å². The molecule has 1 amide bonds. The molecule has 0 saturated carbocycles. The molecule has 7 heteroatoms. The second-order valence-corrected chi connectivity index (χ2v) is 6.35. The Kier molecular flexibility index (Phi) is 4.58. The third kappa shape index (κ3) is 3.28. The highest BCUT2D eigenvalue weighted by Crippen LogP contribution is 2.32. The quantitative estimate of drug-likeness (QED) is 0.768. The van der Waals surface area contributed by atoms with Crippen LogP contribution in [-0.2, 0) is 13.0 Å². The molecule has 4 rings (SSSR count). The third-order valence-corrected chi connectivity index (χ3v) is 4.63.